The predicted molar refractivity (Wildman–Crippen MR) is 31.7 cm³/mol. The molecule has 3 heteroatoms. The Morgan fingerprint density at radius 1 is 2.00 bits per heavy atom. The van der Waals surface area contributed by atoms with Crippen LogP contribution in [0.4, 0.5) is 0 Å². The zero-order valence-corrected chi connectivity index (χ0v) is 5.06. The summed E-state index contributed by atoms with van der Waals surface area (Å²) in [7, 11) is 0. The molecule has 0 aliphatic rings. The van der Waals surface area contributed by atoms with Gasteiger partial charge in [-0.25, -0.2) is 0 Å². The molecule has 0 aromatic carbocycles. The monoisotopic (exact) mass is 134 g/mol. The van der Waals surface area contributed by atoms with Crippen LogP contribution in [0.3, 0.4) is 0 Å². The molecule has 0 aromatic rings. The zero-order valence-electron chi connectivity index (χ0n) is 4.30. The van der Waals surface area contributed by atoms with Gasteiger partial charge in [-0.2, -0.15) is 0 Å². The number of carbonyl (C=O) groups excluding carboxylic acids is 1. The molecule has 0 fully saturated rings. The Kier molecular flexibility index (Phi) is 3.48. The summed E-state index contributed by atoms with van der Waals surface area (Å²) in [6.07, 6.45) is -0.255. The molecule has 0 radical (unpaired) electrons. The Balaban J connectivity index is 3.46. The Bertz CT molecular complexity index is 101. The van der Waals surface area contributed by atoms with Gasteiger partial charge in [-0.05, 0) is 0 Å². The summed E-state index contributed by atoms with van der Waals surface area (Å²) in [6, 6.07) is 0. The smallest absolute Gasteiger partial charge is 0.122 e. The molecule has 0 saturated carbocycles. The fourth-order valence-corrected chi connectivity index (χ4v) is 0.308. The van der Waals surface area contributed by atoms with Gasteiger partial charge >= 0.3 is 0 Å². The van der Waals surface area contributed by atoms with Gasteiger partial charge in [0.2, 0.25) is 0 Å². The van der Waals surface area contributed by atoms with E-state index in [2.05, 4.69) is 6.58 Å². The Hall–Kier alpha value is -0.340. The van der Waals surface area contributed by atoms with Gasteiger partial charge in [0.05, 0.1) is 6.10 Å². The van der Waals surface area contributed by atoms with Gasteiger partial charge < -0.3 is 9.90 Å². The van der Waals surface area contributed by atoms with Crippen LogP contribution in [-0.2, 0) is 4.79 Å². The first-order valence-corrected chi connectivity index (χ1v) is 2.52. The van der Waals surface area contributed by atoms with Gasteiger partial charge in [0.15, 0.2) is 0 Å². The van der Waals surface area contributed by atoms with E-state index >= 15 is 0 Å². The van der Waals surface area contributed by atoms with Crippen LogP contribution in [-0.4, -0.2) is 17.5 Å². The fraction of sp³-hybridized carbons (Fsp3) is 0.400. The van der Waals surface area contributed by atoms with Crippen molar-refractivity contribution in [1.82, 2.24) is 0 Å². The second-order valence-corrected chi connectivity index (χ2v) is 1.85. The minimum absolute atomic E-state index is 0.0301. The second-order valence-electron chi connectivity index (χ2n) is 1.37. The number of halogens is 1. The highest BCUT2D eigenvalue weighted by molar-refractivity contribution is 6.29. The number of aliphatic hydroxyl groups excluding tert-OH is 1. The van der Waals surface area contributed by atoms with Crippen LogP contribution in [0.2, 0.25) is 0 Å². The summed E-state index contributed by atoms with van der Waals surface area (Å²) in [5, 5.41) is 8.77. The number of carbonyl (C=O) groups is 1. The summed E-state index contributed by atoms with van der Waals surface area (Å²) in [5.41, 5.74) is 0. The minimum Gasteiger partial charge on any atom is -0.387 e. The van der Waals surface area contributed by atoms with E-state index in [1.807, 2.05) is 0 Å². The maximum Gasteiger partial charge on any atom is 0.122 e. The maximum absolute atomic E-state index is 9.66. The van der Waals surface area contributed by atoms with Crippen molar-refractivity contribution in [3.05, 3.63) is 11.6 Å². The third kappa shape index (κ3) is 2.77. The topological polar surface area (TPSA) is 37.3 Å². The average molecular weight is 135 g/mol. The number of aliphatic hydroxyl groups is 1. The molecule has 0 saturated heterocycles. The lowest BCUT2D eigenvalue weighted by atomic mass is 10.3. The molecule has 0 aliphatic heterocycles. The molecular weight excluding hydrogens is 128 g/mol. The zero-order chi connectivity index (χ0) is 6.57. The van der Waals surface area contributed by atoms with Crippen molar-refractivity contribution in [1.29, 1.82) is 0 Å². The molecule has 1 unspecified atom stereocenters. The largest absolute Gasteiger partial charge is 0.387 e. The van der Waals surface area contributed by atoms with Gasteiger partial charge in [-0.1, -0.05) is 18.2 Å². The number of hydrogen-bond donors (Lipinski definition) is 1. The van der Waals surface area contributed by atoms with Crippen LogP contribution < -0.4 is 0 Å². The van der Waals surface area contributed by atoms with Crippen molar-refractivity contribution in [2.75, 3.05) is 0 Å². The van der Waals surface area contributed by atoms with Crippen LogP contribution >= 0.6 is 11.6 Å². The molecule has 1 atom stereocenters. The first-order chi connectivity index (χ1) is 3.68. The Morgan fingerprint density at radius 2 is 2.50 bits per heavy atom. The summed E-state index contributed by atoms with van der Waals surface area (Å²) >= 11 is 5.20. The first-order valence-electron chi connectivity index (χ1n) is 2.14. The molecule has 0 rings (SSSR count). The van der Waals surface area contributed by atoms with Crippen molar-refractivity contribution in [2.24, 2.45) is 0 Å². The van der Waals surface area contributed by atoms with E-state index < -0.39 is 6.10 Å². The molecule has 2 nitrogen and oxygen atoms in total. The molecular formula is C5H7ClO2. The predicted octanol–water partition coefficient (Wildman–Crippen LogP) is 0.689. The number of rotatable bonds is 3. The highest BCUT2D eigenvalue weighted by Crippen LogP contribution is 2.05. The van der Waals surface area contributed by atoms with Crippen LogP contribution in [0.1, 0.15) is 6.42 Å². The first kappa shape index (κ1) is 7.66. The molecule has 0 spiro atoms. The van der Waals surface area contributed by atoms with Crippen molar-refractivity contribution in [3.63, 3.8) is 0 Å². The van der Waals surface area contributed by atoms with Gasteiger partial charge in [0, 0.05) is 11.5 Å². The number of hydrogen-bond acceptors (Lipinski definition) is 2. The molecule has 0 aromatic heterocycles. The van der Waals surface area contributed by atoms with Gasteiger partial charge in [-0.15, -0.1) is 0 Å². The highest BCUT2D eigenvalue weighted by Gasteiger charge is 2.02. The van der Waals surface area contributed by atoms with E-state index in [0.29, 0.717) is 6.29 Å². The average Bonchev–Trinajstić information content (AvgIpc) is 1.67. The third-order valence-corrected chi connectivity index (χ3v) is 0.933. The van der Waals surface area contributed by atoms with Crippen molar-refractivity contribution in [3.8, 4) is 0 Å². The lowest BCUT2D eigenvalue weighted by molar-refractivity contribution is -0.109. The molecule has 0 heterocycles. The molecule has 1 N–H and O–H groups in total. The van der Waals surface area contributed by atoms with E-state index in [-0.39, 0.29) is 11.5 Å². The van der Waals surface area contributed by atoms with E-state index in [1.165, 1.54) is 0 Å². The highest BCUT2D eigenvalue weighted by atomic mass is 35.5. The second kappa shape index (κ2) is 3.64. The SMILES string of the molecule is C=C(Cl)C(O)CC=O. The minimum atomic E-state index is -0.880. The Morgan fingerprint density at radius 3 is 2.62 bits per heavy atom. The summed E-state index contributed by atoms with van der Waals surface area (Å²) in [4.78, 5) is 9.66. The van der Waals surface area contributed by atoms with Crippen molar-refractivity contribution >= 4 is 17.9 Å². The van der Waals surface area contributed by atoms with E-state index in [4.69, 9.17) is 16.7 Å². The van der Waals surface area contributed by atoms with Gasteiger partial charge in [0.1, 0.15) is 6.29 Å². The number of aldehydes is 1. The van der Waals surface area contributed by atoms with Crippen molar-refractivity contribution < 1.29 is 9.90 Å². The van der Waals surface area contributed by atoms with E-state index in [1.54, 1.807) is 0 Å². The lowest BCUT2D eigenvalue weighted by Crippen LogP contribution is -2.05. The Labute approximate surface area is 52.8 Å². The molecule has 8 heavy (non-hydrogen) atoms. The standard InChI is InChI=1S/C5H7ClO2/c1-4(6)5(8)2-3-7/h3,5,8H,1-2H2. The van der Waals surface area contributed by atoms with Gasteiger partial charge in [0.25, 0.3) is 0 Å². The van der Waals surface area contributed by atoms with Crippen LogP contribution in [0.25, 0.3) is 0 Å². The third-order valence-electron chi connectivity index (χ3n) is 0.681. The summed E-state index contributed by atoms with van der Waals surface area (Å²) in [5.74, 6) is 0. The maximum atomic E-state index is 9.66. The van der Waals surface area contributed by atoms with Crippen LogP contribution in [0, 0.1) is 0 Å². The van der Waals surface area contributed by atoms with Gasteiger partial charge in [-0.3, -0.25) is 0 Å². The lowest BCUT2D eigenvalue weighted by Gasteiger charge is -2.00. The molecule has 0 bridgehead atoms. The molecule has 0 amide bonds. The van der Waals surface area contributed by atoms with Crippen LogP contribution in [0.5, 0.6) is 0 Å². The molecule has 46 valence electrons. The summed E-state index contributed by atoms with van der Waals surface area (Å²) < 4.78 is 0. The molecule has 0 aliphatic carbocycles. The van der Waals surface area contributed by atoms with E-state index in [9.17, 15) is 4.79 Å². The van der Waals surface area contributed by atoms with E-state index in [0.717, 1.165) is 0 Å². The van der Waals surface area contributed by atoms with Crippen LogP contribution in [0.15, 0.2) is 11.6 Å². The quantitative estimate of drug-likeness (QED) is 0.577. The fourth-order valence-electron chi connectivity index (χ4n) is 0.219. The normalized spacial score (nSPS) is 12.8. The van der Waals surface area contributed by atoms with Crippen molar-refractivity contribution in [2.45, 2.75) is 12.5 Å². The summed E-state index contributed by atoms with van der Waals surface area (Å²) in [6.45, 7) is 3.23.